The SMILES string of the molecule is CCCCCCCCCCCCCCCC(=O)N[C@@H](CO[C@H]1O[C@H](CO)[C@@H](O)[C@H](O)[C@H]1O)[C@H](O)/C=C/CC/C=C(\C)CCCCCCCC. The molecular formula is C40H75NO8. The number of amides is 1. The zero-order valence-corrected chi connectivity index (χ0v) is 31.4. The van der Waals surface area contributed by atoms with Crippen molar-refractivity contribution in [2.45, 2.75) is 211 Å². The maximum atomic E-state index is 12.9. The van der Waals surface area contributed by atoms with Crippen molar-refractivity contribution in [2.75, 3.05) is 13.2 Å². The second-order valence-corrected chi connectivity index (χ2v) is 14.3. The van der Waals surface area contributed by atoms with Crippen LogP contribution in [0.25, 0.3) is 0 Å². The lowest BCUT2D eigenvalue weighted by Crippen LogP contribution is -2.60. The number of hydrogen-bond donors (Lipinski definition) is 6. The summed E-state index contributed by atoms with van der Waals surface area (Å²) < 4.78 is 11.2. The molecular weight excluding hydrogens is 622 g/mol. The van der Waals surface area contributed by atoms with Crippen molar-refractivity contribution in [3.8, 4) is 0 Å². The topological polar surface area (TPSA) is 149 Å². The molecule has 1 rings (SSSR count). The van der Waals surface area contributed by atoms with Crippen LogP contribution in [0.15, 0.2) is 23.8 Å². The molecule has 9 nitrogen and oxygen atoms in total. The molecule has 0 bridgehead atoms. The number of hydrogen-bond acceptors (Lipinski definition) is 8. The number of aliphatic hydroxyl groups is 5. The van der Waals surface area contributed by atoms with Gasteiger partial charge in [0, 0.05) is 6.42 Å². The molecule has 6 N–H and O–H groups in total. The third kappa shape index (κ3) is 22.3. The van der Waals surface area contributed by atoms with Crippen LogP contribution in [0.4, 0.5) is 0 Å². The highest BCUT2D eigenvalue weighted by Gasteiger charge is 2.44. The van der Waals surface area contributed by atoms with E-state index in [4.69, 9.17) is 9.47 Å². The van der Waals surface area contributed by atoms with E-state index >= 15 is 0 Å². The lowest BCUT2D eigenvalue weighted by molar-refractivity contribution is -0.302. The van der Waals surface area contributed by atoms with Gasteiger partial charge >= 0.3 is 0 Å². The average molecular weight is 698 g/mol. The van der Waals surface area contributed by atoms with Crippen molar-refractivity contribution in [1.82, 2.24) is 5.32 Å². The minimum Gasteiger partial charge on any atom is -0.394 e. The summed E-state index contributed by atoms with van der Waals surface area (Å²) in [6, 6.07) is -0.817. The first-order valence-electron chi connectivity index (χ1n) is 20.0. The molecule has 9 heteroatoms. The van der Waals surface area contributed by atoms with Gasteiger partial charge in [-0.15, -0.1) is 0 Å². The van der Waals surface area contributed by atoms with Crippen LogP contribution in [0, 0.1) is 0 Å². The normalized spacial score (nSPS) is 22.9. The molecule has 0 aromatic rings. The first-order valence-corrected chi connectivity index (χ1v) is 20.0. The minimum atomic E-state index is -1.57. The highest BCUT2D eigenvalue weighted by atomic mass is 16.7. The molecule has 0 unspecified atom stereocenters. The lowest BCUT2D eigenvalue weighted by Gasteiger charge is -2.40. The van der Waals surface area contributed by atoms with E-state index in [0.717, 1.165) is 38.5 Å². The summed E-state index contributed by atoms with van der Waals surface area (Å²) in [5.74, 6) is -0.189. The monoisotopic (exact) mass is 698 g/mol. The Bertz CT molecular complexity index is 850. The maximum absolute atomic E-state index is 12.9. The fourth-order valence-corrected chi connectivity index (χ4v) is 6.29. The van der Waals surface area contributed by atoms with Crippen LogP contribution in [0.3, 0.4) is 0 Å². The fraction of sp³-hybridized carbons (Fsp3) is 0.875. The summed E-state index contributed by atoms with van der Waals surface area (Å²) in [4.78, 5) is 12.9. The Morgan fingerprint density at radius 1 is 0.735 bits per heavy atom. The van der Waals surface area contributed by atoms with Gasteiger partial charge in [-0.2, -0.15) is 0 Å². The molecule has 7 atom stereocenters. The molecule has 1 aliphatic rings. The van der Waals surface area contributed by atoms with Crippen LogP contribution in [0.1, 0.15) is 168 Å². The number of carbonyl (C=O) groups is 1. The predicted molar refractivity (Wildman–Crippen MR) is 198 cm³/mol. The number of nitrogens with one attached hydrogen (secondary N) is 1. The molecule has 288 valence electrons. The van der Waals surface area contributed by atoms with E-state index in [-0.39, 0.29) is 12.5 Å². The number of aliphatic hydroxyl groups excluding tert-OH is 5. The summed E-state index contributed by atoms with van der Waals surface area (Å²) in [7, 11) is 0. The minimum absolute atomic E-state index is 0.189. The predicted octanol–water partition coefficient (Wildman–Crippen LogP) is 7.16. The van der Waals surface area contributed by atoms with Gasteiger partial charge in [-0.3, -0.25) is 4.79 Å². The standard InChI is InChI=1S/C40H75NO8/c1-4-6-8-10-12-13-14-15-16-17-18-20-25-29-36(44)41-33(31-48-40-39(47)38(46)37(45)35(30-42)49-40)34(43)28-24-21-23-27-32(3)26-22-19-11-9-7-5-2/h24,27-28,33-35,37-40,42-43,45-47H,4-23,25-26,29-31H2,1-3H3,(H,41,44)/b28-24+,32-27+/t33-,34+,35+,37+,38-,39+,40-/m0/s1. The molecule has 1 heterocycles. The Morgan fingerprint density at radius 3 is 1.78 bits per heavy atom. The van der Waals surface area contributed by atoms with Gasteiger partial charge in [-0.05, 0) is 39.0 Å². The van der Waals surface area contributed by atoms with Crippen LogP contribution < -0.4 is 5.32 Å². The van der Waals surface area contributed by atoms with Crippen LogP contribution in [0.2, 0.25) is 0 Å². The molecule has 0 spiro atoms. The number of carbonyl (C=O) groups excluding carboxylic acids is 1. The highest BCUT2D eigenvalue weighted by molar-refractivity contribution is 5.76. The smallest absolute Gasteiger partial charge is 0.220 e. The summed E-state index contributed by atoms with van der Waals surface area (Å²) >= 11 is 0. The first kappa shape index (κ1) is 45.7. The molecule has 1 fully saturated rings. The van der Waals surface area contributed by atoms with E-state index in [2.05, 4.69) is 32.2 Å². The molecule has 0 saturated carbocycles. The Labute approximate surface area is 298 Å². The summed E-state index contributed by atoms with van der Waals surface area (Å²) in [5.41, 5.74) is 1.38. The highest BCUT2D eigenvalue weighted by Crippen LogP contribution is 2.22. The van der Waals surface area contributed by atoms with Crippen molar-refractivity contribution in [3.63, 3.8) is 0 Å². The van der Waals surface area contributed by atoms with E-state index < -0.39 is 49.5 Å². The van der Waals surface area contributed by atoms with E-state index in [1.54, 1.807) is 6.08 Å². The maximum Gasteiger partial charge on any atom is 0.220 e. The van der Waals surface area contributed by atoms with Crippen LogP contribution in [0.5, 0.6) is 0 Å². The molecule has 1 saturated heterocycles. The van der Waals surface area contributed by atoms with Gasteiger partial charge in [0.2, 0.25) is 5.91 Å². The van der Waals surface area contributed by atoms with Crippen molar-refractivity contribution in [3.05, 3.63) is 23.8 Å². The van der Waals surface area contributed by atoms with Crippen LogP contribution in [-0.2, 0) is 14.3 Å². The van der Waals surface area contributed by atoms with Gasteiger partial charge in [0.1, 0.15) is 24.4 Å². The van der Waals surface area contributed by atoms with Gasteiger partial charge in [0.15, 0.2) is 6.29 Å². The number of unbranched alkanes of at least 4 members (excludes halogenated alkanes) is 18. The third-order valence-electron chi connectivity index (χ3n) is 9.64. The van der Waals surface area contributed by atoms with Gasteiger partial charge in [-0.1, -0.05) is 147 Å². The zero-order chi connectivity index (χ0) is 36.1. The van der Waals surface area contributed by atoms with Gasteiger partial charge < -0.3 is 40.3 Å². The van der Waals surface area contributed by atoms with Crippen LogP contribution >= 0.6 is 0 Å². The Balaban J connectivity index is 2.52. The van der Waals surface area contributed by atoms with E-state index in [1.165, 1.54) is 108 Å². The van der Waals surface area contributed by atoms with Crippen molar-refractivity contribution in [2.24, 2.45) is 0 Å². The Kier molecular flexibility index (Phi) is 28.3. The van der Waals surface area contributed by atoms with E-state index in [0.29, 0.717) is 6.42 Å². The zero-order valence-electron chi connectivity index (χ0n) is 31.4. The van der Waals surface area contributed by atoms with Crippen molar-refractivity contribution >= 4 is 5.91 Å². The van der Waals surface area contributed by atoms with Crippen LogP contribution in [-0.4, -0.2) is 87.5 Å². The quantitative estimate of drug-likeness (QED) is 0.0330. The molecule has 1 amide bonds. The molecule has 0 aromatic carbocycles. The van der Waals surface area contributed by atoms with Gasteiger partial charge in [0.25, 0.3) is 0 Å². The Morgan fingerprint density at radius 2 is 1.24 bits per heavy atom. The van der Waals surface area contributed by atoms with Crippen molar-refractivity contribution < 1.29 is 39.8 Å². The molecule has 0 radical (unpaired) electrons. The third-order valence-corrected chi connectivity index (χ3v) is 9.64. The average Bonchev–Trinajstić information content (AvgIpc) is 3.09. The fourth-order valence-electron chi connectivity index (χ4n) is 6.29. The van der Waals surface area contributed by atoms with Gasteiger partial charge in [0.05, 0.1) is 25.4 Å². The summed E-state index contributed by atoms with van der Waals surface area (Å²) in [6.07, 6.45) is 24.4. The number of ether oxygens (including phenoxy) is 2. The number of rotatable bonds is 31. The number of allylic oxidation sites excluding steroid dienone is 3. The second-order valence-electron chi connectivity index (χ2n) is 14.3. The molecule has 1 aliphatic heterocycles. The Hall–Kier alpha value is -1.33. The lowest BCUT2D eigenvalue weighted by atomic mass is 9.99. The van der Waals surface area contributed by atoms with E-state index in [9.17, 15) is 30.3 Å². The van der Waals surface area contributed by atoms with Crippen molar-refractivity contribution in [1.29, 1.82) is 0 Å². The summed E-state index contributed by atoms with van der Waals surface area (Å²) in [6.45, 7) is 5.88. The largest absolute Gasteiger partial charge is 0.394 e. The molecule has 0 aliphatic carbocycles. The molecule has 49 heavy (non-hydrogen) atoms. The molecule has 0 aromatic heterocycles. The van der Waals surface area contributed by atoms with E-state index in [1.807, 2.05) is 6.08 Å². The summed E-state index contributed by atoms with van der Waals surface area (Å²) in [5, 5.41) is 54.0. The second kappa shape index (κ2) is 30.3. The van der Waals surface area contributed by atoms with Gasteiger partial charge in [-0.25, -0.2) is 0 Å². The first-order chi connectivity index (χ1) is 23.7.